The summed E-state index contributed by atoms with van der Waals surface area (Å²) in [5, 5.41) is 11.8. The van der Waals surface area contributed by atoms with Crippen molar-refractivity contribution in [2.24, 2.45) is 0 Å². The predicted molar refractivity (Wildman–Crippen MR) is 54.1 cm³/mol. The van der Waals surface area contributed by atoms with Crippen molar-refractivity contribution in [1.29, 1.82) is 0 Å². The van der Waals surface area contributed by atoms with Crippen LogP contribution in [-0.4, -0.2) is 0 Å². The zero-order valence-corrected chi connectivity index (χ0v) is 8.63. The molecule has 0 aliphatic rings. The quantitative estimate of drug-likeness (QED) is 0.675. The Balaban J connectivity index is 3.05. The Labute approximate surface area is 80.4 Å². The lowest BCUT2D eigenvalue weighted by molar-refractivity contribution is -0.000841. The highest BCUT2D eigenvalue weighted by Crippen LogP contribution is 2.24. The lowest BCUT2D eigenvalue weighted by Crippen LogP contribution is -2.16. The highest BCUT2D eigenvalue weighted by Gasteiger charge is 2.20. The fourth-order valence-corrected chi connectivity index (χ4v) is 1.59. The normalized spacial score (nSPS) is 11.7. The average molecular weight is 177 g/mol. The molecular weight excluding hydrogens is 160 g/mol. The molecule has 0 aliphatic carbocycles. The molecule has 0 aliphatic heterocycles. The first-order valence-corrected chi connectivity index (χ1v) is 4.84. The van der Waals surface area contributed by atoms with E-state index in [9.17, 15) is 5.11 Å². The Morgan fingerprint density at radius 1 is 1.23 bits per heavy atom. The Hall–Kier alpha value is -0.820. The molecule has 0 heterocycles. The lowest BCUT2D eigenvalue weighted by atomic mass is 9.91. The molecule has 0 atom stereocenters. The fourth-order valence-electron chi connectivity index (χ4n) is 1.59. The lowest BCUT2D eigenvalue weighted by Gasteiger charge is -2.18. The minimum absolute atomic E-state index is 0.942. The zero-order valence-electron chi connectivity index (χ0n) is 8.63. The van der Waals surface area contributed by atoms with Gasteiger partial charge in [-0.2, -0.15) is 0 Å². The maximum atomic E-state index is 11.8. The third-order valence-corrected chi connectivity index (χ3v) is 2.19. The summed E-state index contributed by atoms with van der Waals surface area (Å²) in [6, 6.07) is 7.94. The van der Waals surface area contributed by atoms with Crippen LogP contribution in [0.1, 0.15) is 38.3 Å². The molecule has 71 valence electrons. The Bertz CT molecular complexity index is 271. The van der Waals surface area contributed by atoms with Gasteiger partial charge in [-0.3, -0.25) is 0 Å². The molecule has 0 N–H and O–H groups in total. The molecule has 13 heavy (non-hydrogen) atoms. The molecule has 1 heteroatoms. The minimum Gasteiger partial charge on any atom is -0.225 e. The summed E-state index contributed by atoms with van der Waals surface area (Å²) >= 11 is 0. The number of rotatable bonds is 3. The first-order valence-electron chi connectivity index (χ1n) is 4.84. The summed E-state index contributed by atoms with van der Waals surface area (Å²) in [6.07, 6.45) is 2.09. The summed E-state index contributed by atoms with van der Waals surface area (Å²) in [4.78, 5) is 0. The second-order valence-electron chi connectivity index (χ2n) is 3.92. The summed E-state index contributed by atoms with van der Waals surface area (Å²) in [6.45, 7) is 5.58. The van der Waals surface area contributed by atoms with Gasteiger partial charge in [-0.05, 0) is 31.4 Å². The van der Waals surface area contributed by atoms with Gasteiger partial charge < -0.3 is 0 Å². The molecule has 0 amide bonds. The predicted octanol–water partition coefficient (Wildman–Crippen LogP) is 3.30. The van der Waals surface area contributed by atoms with Crippen LogP contribution in [0.2, 0.25) is 0 Å². The van der Waals surface area contributed by atoms with Crippen LogP contribution in [-0.2, 0) is 17.1 Å². The topological polar surface area (TPSA) is 19.9 Å². The van der Waals surface area contributed by atoms with Crippen LogP contribution in [0.5, 0.6) is 0 Å². The standard InChI is InChI=1S/C12H17O/c1-4-7-10-8-5-6-9-11(10)12(2,3)13/h5-6,8-9H,4,7H2,1-3H3. The first-order chi connectivity index (χ1) is 6.05. The van der Waals surface area contributed by atoms with Gasteiger partial charge in [0.15, 0.2) is 0 Å². The smallest absolute Gasteiger partial charge is 0.123 e. The van der Waals surface area contributed by atoms with Crippen LogP contribution < -0.4 is 0 Å². The van der Waals surface area contributed by atoms with E-state index in [2.05, 4.69) is 13.0 Å². The van der Waals surface area contributed by atoms with E-state index in [-0.39, 0.29) is 0 Å². The summed E-state index contributed by atoms with van der Waals surface area (Å²) in [5.74, 6) is 0. The third-order valence-electron chi connectivity index (χ3n) is 2.19. The molecule has 1 aromatic rings. The van der Waals surface area contributed by atoms with Crippen LogP contribution in [0, 0.1) is 0 Å². The van der Waals surface area contributed by atoms with Crippen LogP contribution >= 0.6 is 0 Å². The molecule has 0 saturated heterocycles. The van der Waals surface area contributed by atoms with E-state index in [0.29, 0.717) is 0 Å². The molecule has 0 saturated carbocycles. The first kappa shape index (κ1) is 10.3. The van der Waals surface area contributed by atoms with Crippen LogP contribution in [0.3, 0.4) is 0 Å². The third kappa shape index (κ3) is 2.56. The number of hydrogen-bond donors (Lipinski definition) is 0. The maximum Gasteiger partial charge on any atom is 0.123 e. The van der Waals surface area contributed by atoms with Gasteiger partial charge in [-0.15, -0.1) is 0 Å². The Kier molecular flexibility index (Phi) is 3.10. The molecule has 1 nitrogen and oxygen atoms in total. The molecule has 1 rings (SSSR count). The van der Waals surface area contributed by atoms with E-state index in [0.717, 1.165) is 18.4 Å². The minimum atomic E-state index is -0.967. The van der Waals surface area contributed by atoms with E-state index < -0.39 is 5.60 Å². The van der Waals surface area contributed by atoms with Gasteiger partial charge in [0, 0.05) is 0 Å². The molecule has 0 unspecified atom stereocenters. The molecule has 1 radical (unpaired) electrons. The molecule has 0 bridgehead atoms. The van der Waals surface area contributed by atoms with E-state index in [1.165, 1.54) is 5.56 Å². The van der Waals surface area contributed by atoms with Gasteiger partial charge in [0.1, 0.15) is 5.60 Å². The summed E-state index contributed by atoms with van der Waals surface area (Å²) in [7, 11) is 0. The van der Waals surface area contributed by atoms with Crippen molar-refractivity contribution in [2.75, 3.05) is 0 Å². The van der Waals surface area contributed by atoms with Gasteiger partial charge in [-0.1, -0.05) is 37.6 Å². The fraction of sp³-hybridized carbons (Fsp3) is 0.500. The molecular formula is C12H17O. The van der Waals surface area contributed by atoms with Gasteiger partial charge in [0.25, 0.3) is 0 Å². The average Bonchev–Trinajstić information content (AvgIpc) is 2.04. The van der Waals surface area contributed by atoms with Gasteiger partial charge in [0.05, 0.1) is 0 Å². The van der Waals surface area contributed by atoms with Crippen molar-refractivity contribution >= 4 is 0 Å². The second-order valence-corrected chi connectivity index (χ2v) is 3.92. The molecule has 0 fully saturated rings. The number of benzene rings is 1. The van der Waals surface area contributed by atoms with Crippen molar-refractivity contribution in [1.82, 2.24) is 0 Å². The SMILES string of the molecule is CCCc1ccccc1C(C)(C)[O]. The van der Waals surface area contributed by atoms with E-state index >= 15 is 0 Å². The van der Waals surface area contributed by atoms with Crippen molar-refractivity contribution in [2.45, 2.75) is 39.2 Å². The summed E-state index contributed by atoms with van der Waals surface area (Å²) in [5.41, 5.74) is 1.17. The van der Waals surface area contributed by atoms with Crippen LogP contribution in [0.25, 0.3) is 0 Å². The van der Waals surface area contributed by atoms with E-state index in [1.807, 2.05) is 18.2 Å². The van der Waals surface area contributed by atoms with Crippen LogP contribution in [0.4, 0.5) is 0 Å². The Morgan fingerprint density at radius 3 is 2.38 bits per heavy atom. The largest absolute Gasteiger partial charge is 0.225 e. The van der Waals surface area contributed by atoms with E-state index in [4.69, 9.17) is 0 Å². The Morgan fingerprint density at radius 2 is 1.85 bits per heavy atom. The highest BCUT2D eigenvalue weighted by atomic mass is 16.3. The number of hydrogen-bond acceptors (Lipinski definition) is 0. The second kappa shape index (κ2) is 3.93. The van der Waals surface area contributed by atoms with Crippen molar-refractivity contribution in [3.8, 4) is 0 Å². The van der Waals surface area contributed by atoms with Crippen molar-refractivity contribution < 1.29 is 5.11 Å². The zero-order chi connectivity index (χ0) is 9.90. The van der Waals surface area contributed by atoms with E-state index in [1.54, 1.807) is 13.8 Å². The highest BCUT2D eigenvalue weighted by molar-refractivity contribution is 5.31. The molecule has 1 aromatic carbocycles. The summed E-state index contributed by atoms with van der Waals surface area (Å²) < 4.78 is 0. The molecule has 0 spiro atoms. The van der Waals surface area contributed by atoms with Gasteiger partial charge in [0.2, 0.25) is 0 Å². The van der Waals surface area contributed by atoms with Gasteiger partial charge in [-0.25, -0.2) is 5.11 Å². The van der Waals surface area contributed by atoms with Crippen molar-refractivity contribution in [3.63, 3.8) is 0 Å². The number of aryl methyl sites for hydroxylation is 1. The molecule has 0 aromatic heterocycles. The van der Waals surface area contributed by atoms with Crippen molar-refractivity contribution in [3.05, 3.63) is 35.4 Å². The monoisotopic (exact) mass is 177 g/mol. The maximum absolute atomic E-state index is 11.8. The van der Waals surface area contributed by atoms with Gasteiger partial charge >= 0.3 is 0 Å². The van der Waals surface area contributed by atoms with Crippen LogP contribution in [0.15, 0.2) is 24.3 Å².